The molecule has 0 aliphatic heterocycles. The molecule has 0 atom stereocenters. The quantitative estimate of drug-likeness (QED) is 0.125. The van der Waals surface area contributed by atoms with Crippen LogP contribution in [-0.4, -0.2) is 60.4 Å². The Bertz CT molecular complexity index is 1990. The van der Waals surface area contributed by atoms with E-state index < -0.39 is 23.6 Å². The van der Waals surface area contributed by atoms with Crippen molar-refractivity contribution in [1.29, 1.82) is 0 Å². The first-order chi connectivity index (χ1) is 24.0. The Kier molecular flexibility index (Phi) is 10.5. The van der Waals surface area contributed by atoms with Gasteiger partial charge in [-0.1, -0.05) is 30.3 Å². The van der Waals surface area contributed by atoms with Gasteiger partial charge in [-0.2, -0.15) is 0 Å². The van der Waals surface area contributed by atoms with E-state index in [2.05, 4.69) is 56.8 Å². The Balaban J connectivity index is 1.20. The summed E-state index contributed by atoms with van der Waals surface area (Å²) in [6.45, 7) is 2.66. The fraction of sp³-hybridized carbons (Fsp3) is 0.0606. The average molecular weight is 674 g/mol. The van der Waals surface area contributed by atoms with E-state index in [1.54, 1.807) is 24.3 Å². The van der Waals surface area contributed by atoms with Gasteiger partial charge in [-0.15, -0.1) is 0 Å². The zero-order valence-electron chi connectivity index (χ0n) is 26.3. The summed E-state index contributed by atoms with van der Waals surface area (Å²) in [5.74, 6) is -2.34. The van der Waals surface area contributed by atoms with Crippen molar-refractivity contribution in [2.75, 3.05) is 31.9 Å². The molecule has 250 valence electrons. The highest BCUT2D eigenvalue weighted by atomic mass is 16.2. The molecule has 0 aliphatic rings. The van der Waals surface area contributed by atoms with Gasteiger partial charge < -0.3 is 31.9 Å². The minimum atomic E-state index is -0.682. The van der Waals surface area contributed by atoms with Crippen molar-refractivity contribution in [2.24, 2.45) is 0 Å². The number of nitrogens with zero attached hydrogens (tertiary/aromatic N) is 5. The lowest BCUT2D eigenvalue weighted by molar-refractivity contribution is -0.115. The van der Waals surface area contributed by atoms with Gasteiger partial charge in [0.2, 0.25) is 11.8 Å². The summed E-state index contributed by atoms with van der Waals surface area (Å²) in [5, 5.41) is 15.3. The number of pyridine rings is 5. The smallest absolute Gasteiger partial charge is 0.275 e. The predicted octanol–water partition coefficient (Wildman–Crippen LogP) is 3.59. The Morgan fingerprint density at radius 1 is 0.340 bits per heavy atom. The Hall–Kier alpha value is -7.43. The van der Waals surface area contributed by atoms with Crippen molar-refractivity contribution in [3.8, 4) is 0 Å². The predicted molar refractivity (Wildman–Crippen MR) is 182 cm³/mol. The highest BCUT2D eigenvalue weighted by Gasteiger charge is 2.17. The summed E-state index contributed by atoms with van der Waals surface area (Å²) in [7, 11) is 0. The molecule has 0 unspecified atom stereocenters. The molecule has 0 aliphatic carbocycles. The Morgan fingerprint density at radius 3 is 0.800 bits per heavy atom. The first kappa shape index (κ1) is 33.9. The number of nitrogens with one attached hydrogen (secondary N) is 6. The molecule has 5 aromatic rings. The summed E-state index contributed by atoms with van der Waals surface area (Å²) < 4.78 is 0. The molecule has 17 nitrogen and oxygen atoms in total. The third-order valence-electron chi connectivity index (χ3n) is 6.25. The van der Waals surface area contributed by atoms with Crippen LogP contribution in [0.3, 0.4) is 0 Å². The van der Waals surface area contributed by atoms with Crippen molar-refractivity contribution in [2.45, 2.75) is 13.8 Å². The summed E-state index contributed by atoms with van der Waals surface area (Å²) in [4.78, 5) is 94.9. The Labute approximate surface area is 283 Å². The number of aromatic nitrogens is 5. The van der Waals surface area contributed by atoms with Crippen molar-refractivity contribution in [1.82, 2.24) is 24.9 Å². The van der Waals surface area contributed by atoms with E-state index in [9.17, 15) is 28.8 Å². The van der Waals surface area contributed by atoms with Crippen LogP contribution < -0.4 is 31.9 Å². The SMILES string of the molecule is CC(=O)Nc1cccc(NC(=O)c2cccc(C(=O)Nc3cccc(NC(=O)c4cccc(C(=O)Nc5cccc(NC(C)=O)n5)n4)n3)n2)n1. The van der Waals surface area contributed by atoms with Gasteiger partial charge >= 0.3 is 0 Å². The molecule has 0 saturated heterocycles. The van der Waals surface area contributed by atoms with E-state index in [0.29, 0.717) is 0 Å². The minimum Gasteiger partial charge on any atom is -0.311 e. The van der Waals surface area contributed by atoms with Crippen LogP contribution >= 0.6 is 0 Å². The molecule has 0 spiro atoms. The third kappa shape index (κ3) is 9.32. The summed E-state index contributed by atoms with van der Waals surface area (Å²) in [6, 6.07) is 22.4. The lowest BCUT2D eigenvalue weighted by Gasteiger charge is -2.09. The fourth-order valence-electron chi connectivity index (χ4n) is 4.18. The molecule has 17 heteroatoms. The van der Waals surface area contributed by atoms with E-state index in [4.69, 9.17) is 0 Å². The summed E-state index contributed by atoms with van der Waals surface area (Å²) in [6.07, 6.45) is 0. The Morgan fingerprint density at radius 2 is 0.560 bits per heavy atom. The average Bonchev–Trinajstić information content (AvgIpc) is 3.08. The van der Waals surface area contributed by atoms with Gasteiger partial charge in [-0.05, 0) is 60.7 Å². The van der Waals surface area contributed by atoms with Crippen molar-refractivity contribution in [3.63, 3.8) is 0 Å². The van der Waals surface area contributed by atoms with E-state index >= 15 is 0 Å². The van der Waals surface area contributed by atoms with E-state index in [1.807, 2.05) is 0 Å². The maximum atomic E-state index is 13.0. The zero-order valence-corrected chi connectivity index (χ0v) is 26.3. The fourth-order valence-corrected chi connectivity index (χ4v) is 4.18. The molecule has 0 fully saturated rings. The first-order valence-corrected chi connectivity index (χ1v) is 14.7. The van der Waals surface area contributed by atoms with Gasteiger partial charge in [-0.3, -0.25) is 28.8 Å². The van der Waals surface area contributed by atoms with Crippen molar-refractivity contribution in [3.05, 3.63) is 114 Å². The molecule has 0 aromatic carbocycles. The molecular formula is C33H27N11O6. The second-order valence-electron chi connectivity index (χ2n) is 10.2. The third-order valence-corrected chi connectivity index (χ3v) is 6.25. The summed E-state index contributed by atoms with van der Waals surface area (Å²) in [5.41, 5.74) is -0.330. The molecule has 0 saturated carbocycles. The molecule has 0 radical (unpaired) electrons. The molecule has 5 heterocycles. The van der Waals surface area contributed by atoms with Gasteiger partial charge in [0.15, 0.2) is 0 Å². The summed E-state index contributed by atoms with van der Waals surface area (Å²) >= 11 is 0. The number of rotatable bonds is 10. The molecule has 6 N–H and O–H groups in total. The van der Waals surface area contributed by atoms with Crippen LogP contribution in [0.5, 0.6) is 0 Å². The molecule has 5 rings (SSSR count). The van der Waals surface area contributed by atoms with Crippen LogP contribution in [0.25, 0.3) is 0 Å². The topological polar surface area (TPSA) is 239 Å². The normalized spacial score (nSPS) is 10.3. The first-order valence-electron chi connectivity index (χ1n) is 14.7. The van der Waals surface area contributed by atoms with Crippen LogP contribution in [0.2, 0.25) is 0 Å². The highest BCUT2D eigenvalue weighted by Crippen LogP contribution is 2.15. The number of anilines is 6. The lowest BCUT2D eigenvalue weighted by atomic mass is 10.2. The standard InChI is InChI=1S/C33H27N11O6/c1-18(45)34-24-12-5-14-26(38-24)41-30(47)20-8-3-10-22(36-20)32(49)43-28-16-7-17-29(40-28)44-33(50)23-11-4-9-21(37-23)31(48)42-27-15-6-13-25(39-27)35-19(2)46/h3-17H,1-2H3,(H2,34,38,41,45,47)(H2,35,39,42,46,48)(H2,40,43,44,49,50). The van der Waals surface area contributed by atoms with Crippen LogP contribution in [0, 0.1) is 0 Å². The van der Waals surface area contributed by atoms with Gasteiger partial charge in [-0.25, -0.2) is 24.9 Å². The van der Waals surface area contributed by atoms with Gasteiger partial charge in [0, 0.05) is 13.8 Å². The number of hydrogen-bond acceptors (Lipinski definition) is 11. The van der Waals surface area contributed by atoms with Gasteiger partial charge in [0.05, 0.1) is 0 Å². The van der Waals surface area contributed by atoms with Crippen LogP contribution in [0.15, 0.2) is 91.0 Å². The van der Waals surface area contributed by atoms with Crippen molar-refractivity contribution < 1.29 is 28.8 Å². The zero-order chi connectivity index (χ0) is 35.6. The van der Waals surface area contributed by atoms with Crippen molar-refractivity contribution >= 4 is 70.4 Å². The largest absolute Gasteiger partial charge is 0.311 e. The monoisotopic (exact) mass is 673 g/mol. The maximum Gasteiger partial charge on any atom is 0.275 e. The van der Waals surface area contributed by atoms with Gasteiger partial charge in [0.25, 0.3) is 23.6 Å². The van der Waals surface area contributed by atoms with Gasteiger partial charge in [0.1, 0.15) is 57.7 Å². The van der Waals surface area contributed by atoms with E-state index in [0.717, 1.165) is 0 Å². The number of carbonyl (C=O) groups is 6. The van der Waals surface area contributed by atoms with Crippen LogP contribution in [0.4, 0.5) is 34.9 Å². The molecular weight excluding hydrogens is 646 g/mol. The maximum absolute atomic E-state index is 13.0. The second-order valence-corrected chi connectivity index (χ2v) is 10.2. The molecule has 6 amide bonds. The highest BCUT2D eigenvalue weighted by molar-refractivity contribution is 6.07. The lowest BCUT2D eigenvalue weighted by Crippen LogP contribution is -2.20. The molecule has 5 aromatic heterocycles. The number of carbonyl (C=O) groups excluding carboxylic acids is 6. The van der Waals surface area contributed by atoms with Crippen LogP contribution in [0.1, 0.15) is 55.8 Å². The molecule has 50 heavy (non-hydrogen) atoms. The second kappa shape index (κ2) is 15.4. The van der Waals surface area contributed by atoms with Crippen LogP contribution in [-0.2, 0) is 9.59 Å². The number of hydrogen-bond donors (Lipinski definition) is 6. The minimum absolute atomic E-state index is 0.0681. The molecule has 0 bridgehead atoms. The van der Waals surface area contributed by atoms with E-state index in [1.165, 1.54) is 80.6 Å². The van der Waals surface area contributed by atoms with E-state index in [-0.39, 0.29) is 69.5 Å². The number of amides is 6.